The van der Waals surface area contributed by atoms with Gasteiger partial charge in [-0.05, 0) is 50.6 Å². The van der Waals surface area contributed by atoms with E-state index in [2.05, 4.69) is 25.0 Å². The van der Waals surface area contributed by atoms with Crippen LogP contribution < -0.4 is 10.2 Å². The number of rotatable bonds is 4. The molecule has 0 amide bonds. The molecule has 3 rings (SSSR count). The Kier molecular flexibility index (Phi) is 7.46. The van der Waals surface area contributed by atoms with Crippen LogP contribution in [0, 0.1) is 0 Å². The molecule has 2 aliphatic heterocycles. The van der Waals surface area contributed by atoms with Crippen molar-refractivity contribution in [3.05, 3.63) is 29.3 Å². The highest BCUT2D eigenvalue weighted by atomic mass is 19.4. The number of hydrogen-bond donors (Lipinski definition) is 2. The Balaban J connectivity index is 1.86. The first-order chi connectivity index (χ1) is 14.3. The molecular weight excluding hydrogens is 395 g/mol. The van der Waals surface area contributed by atoms with Gasteiger partial charge < -0.3 is 25.1 Å². The van der Waals surface area contributed by atoms with Gasteiger partial charge in [-0.3, -0.25) is 0 Å². The van der Waals surface area contributed by atoms with E-state index in [0.717, 1.165) is 37.9 Å². The monoisotopic (exact) mass is 427 g/mol. The van der Waals surface area contributed by atoms with Gasteiger partial charge in [0.15, 0.2) is 5.96 Å². The van der Waals surface area contributed by atoms with E-state index in [9.17, 15) is 18.3 Å². The Morgan fingerprint density at radius 2 is 1.80 bits per heavy atom. The van der Waals surface area contributed by atoms with Gasteiger partial charge in [0.05, 0.1) is 18.2 Å². The molecular formula is C21H32F3N5O. The van der Waals surface area contributed by atoms with Crippen LogP contribution in [0.1, 0.15) is 30.9 Å². The number of likely N-dealkylation sites (tertiary alicyclic amines) is 1. The molecule has 2 aliphatic rings. The largest absolute Gasteiger partial charge is 0.416 e. The Labute approximate surface area is 176 Å². The molecule has 0 unspecified atom stereocenters. The molecule has 6 nitrogen and oxygen atoms in total. The van der Waals surface area contributed by atoms with Gasteiger partial charge in [0, 0.05) is 51.5 Å². The summed E-state index contributed by atoms with van der Waals surface area (Å²) in [6.07, 6.45) is -3.34. The minimum Gasteiger partial charge on any atom is -0.393 e. The smallest absolute Gasteiger partial charge is 0.393 e. The van der Waals surface area contributed by atoms with E-state index in [4.69, 9.17) is 0 Å². The number of halogens is 3. The molecule has 2 fully saturated rings. The number of piperazine rings is 1. The number of anilines is 1. The summed E-state index contributed by atoms with van der Waals surface area (Å²) in [6.45, 7) is 7.49. The summed E-state index contributed by atoms with van der Waals surface area (Å²) in [5.41, 5.74) is 0.767. The van der Waals surface area contributed by atoms with Gasteiger partial charge in [-0.1, -0.05) is 0 Å². The van der Waals surface area contributed by atoms with E-state index in [0.29, 0.717) is 44.0 Å². The molecule has 1 aromatic rings. The lowest BCUT2D eigenvalue weighted by molar-refractivity contribution is -0.137. The number of hydrogen-bond acceptors (Lipinski definition) is 4. The third-order valence-corrected chi connectivity index (χ3v) is 5.75. The summed E-state index contributed by atoms with van der Waals surface area (Å²) in [5.74, 6) is 0.686. The highest BCUT2D eigenvalue weighted by Crippen LogP contribution is 2.33. The number of piperidine rings is 1. The summed E-state index contributed by atoms with van der Waals surface area (Å²) < 4.78 is 40.0. The van der Waals surface area contributed by atoms with E-state index in [1.165, 1.54) is 6.07 Å². The van der Waals surface area contributed by atoms with E-state index in [1.54, 1.807) is 6.07 Å². The van der Waals surface area contributed by atoms with Gasteiger partial charge in [-0.25, -0.2) is 4.99 Å². The fourth-order valence-electron chi connectivity index (χ4n) is 3.91. The quantitative estimate of drug-likeness (QED) is 0.571. The number of guanidine groups is 1. The summed E-state index contributed by atoms with van der Waals surface area (Å²) >= 11 is 0. The molecule has 2 heterocycles. The fraction of sp³-hybridized carbons (Fsp3) is 0.667. The molecule has 0 aliphatic carbocycles. The Hall–Kier alpha value is -2.00. The van der Waals surface area contributed by atoms with Crippen molar-refractivity contribution in [2.24, 2.45) is 4.99 Å². The van der Waals surface area contributed by atoms with Crippen molar-refractivity contribution in [2.45, 2.75) is 38.6 Å². The maximum atomic E-state index is 13.3. The molecule has 0 radical (unpaired) electrons. The molecule has 0 atom stereocenters. The van der Waals surface area contributed by atoms with Crippen LogP contribution in [-0.4, -0.2) is 79.8 Å². The molecule has 9 heteroatoms. The van der Waals surface area contributed by atoms with Crippen molar-refractivity contribution >= 4 is 11.6 Å². The lowest BCUT2D eigenvalue weighted by atomic mass is 10.1. The molecule has 1 aromatic carbocycles. The van der Waals surface area contributed by atoms with Crippen molar-refractivity contribution in [2.75, 3.05) is 57.8 Å². The van der Waals surface area contributed by atoms with Crippen LogP contribution in [0.5, 0.6) is 0 Å². The third kappa shape index (κ3) is 5.78. The second-order valence-electron chi connectivity index (χ2n) is 8.02. The number of aliphatic imine (C=N–C) groups is 1. The first-order valence-electron chi connectivity index (χ1n) is 10.6. The SMILES string of the molecule is CCNC(=NCc1cc(C(F)(F)F)ccc1N1CCN(C)CC1)N1CCC(O)CC1. The Bertz CT molecular complexity index is 724. The van der Waals surface area contributed by atoms with Crippen LogP contribution in [0.4, 0.5) is 18.9 Å². The first-order valence-corrected chi connectivity index (χ1v) is 10.6. The predicted octanol–water partition coefficient (Wildman–Crippen LogP) is 2.38. The maximum Gasteiger partial charge on any atom is 0.416 e. The van der Waals surface area contributed by atoms with Gasteiger partial charge in [0.1, 0.15) is 0 Å². The van der Waals surface area contributed by atoms with E-state index < -0.39 is 11.7 Å². The van der Waals surface area contributed by atoms with Crippen molar-refractivity contribution in [3.8, 4) is 0 Å². The average molecular weight is 428 g/mol. The summed E-state index contributed by atoms with van der Waals surface area (Å²) in [4.78, 5) is 11.1. The van der Waals surface area contributed by atoms with Crippen LogP contribution in [0.15, 0.2) is 23.2 Å². The minimum absolute atomic E-state index is 0.174. The molecule has 0 saturated carbocycles. The Morgan fingerprint density at radius 3 is 2.40 bits per heavy atom. The molecule has 0 bridgehead atoms. The molecule has 2 N–H and O–H groups in total. The van der Waals surface area contributed by atoms with Crippen LogP contribution >= 0.6 is 0 Å². The average Bonchev–Trinajstić information content (AvgIpc) is 2.72. The molecule has 168 valence electrons. The number of nitrogens with one attached hydrogen (secondary N) is 1. The van der Waals surface area contributed by atoms with Gasteiger partial charge in [0.25, 0.3) is 0 Å². The number of aliphatic hydroxyl groups is 1. The number of alkyl halides is 3. The number of aliphatic hydroxyl groups excluding tert-OH is 1. The standard InChI is InChI=1S/C21H32F3N5O/c1-3-25-20(29-8-6-18(30)7-9-29)26-15-16-14-17(21(22,23)24)4-5-19(16)28-12-10-27(2)11-13-28/h4-5,14,18,30H,3,6-13,15H2,1-2H3,(H,25,26). The molecule has 30 heavy (non-hydrogen) atoms. The second-order valence-corrected chi connectivity index (χ2v) is 8.02. The van der Waals surface area contributed by atoms with E-state index in [1.807, 2.05) is 14.0 Å². The van der Waals surface area contributed by atoms with Gasteiger partial charge in [0.2, 0.25) is 0 Å². The van der Waals surface area contributed by atoms with Crippen LogP contribution in [-0.2, 0) is 12.7 Å². The maximum absolute atomic E-state index is 13.3. The zero-order valence-corrected chi connectivity index (χ0v) is 17.8. The molecule has 0 spiro atoms. The number of benzene rings is 1. The van der Waals surface area contributed by atoms with Crippen LogP contribution in [0.25, 0.3) is 0 Å². The minimum atomic E-state index is -4.38. The van der Waals surface area contributed by atoms with Crippen molar-refractivity contribution in [1.29, 1.82) is 0 Å². The highest BCUT2D eigenvalue weighted by Gasteiger charge is 2.31. The Morgan fingerprint density at radius 1 is 1.13 bits per heavy atom. The van der Waals surface area contributed by atoms with Crippen LogP contribution in [0.3, 0.4) is 0 Å². The normalized spacial score (nSPS) is 20.0. The second kappa shape index (κ2) is 9.87. The fourth-order valence-corrected chi connectivity index (χ4v) is 3.91. The number of likely N-dealkylation sites (N-methyl/N-ethyl adjacent to an activating group) is 1. The van der Waals surface area contributed by atoms with E-state index >= 15 is 0 Å². The lowest BCUT2D eigenvalue weighted by Gasteiger charge is -2.35. The summed E-state index contributed by atoms with van der Waals surface area (Å²) in [5, 5.41) is 13.0. The summed E-state index contributed by atoms with van der Waals surface area (Å²) in [6, 6.07) is 3.99. The highest BCUT2D eigenvalue weighted by molar-refractivity contribution is 5.80. The van der Waals surface area contributed by atoms with Gasteiger partial charge in [-0.15, -0.1) is 0 Å². The van der Waals surface area contributed by atoms with Gasteiger partial charge >= 0.3 is 6.18 Å². The predicted molar refractivity (Wildman–Crippen MR) is 113 cm³/mol. The zero-order valence-electron chi connectivity index (χ0n) is 17.8. The van der Waals surface area contributed by atoms with Crippen LogP contribution in [0.2, 0.25) is 0 Å². The molecule has 0 aromatic heterocycles. The number of nitrogens with zero attached hydrogens (tertiary/aromatic N) is 4. The lowest BCUT2D eigenvalue weighted by Crippen LogP contribution is -2.46. The topological polar surface area (TPSA) is 54.3 Å². The van der Waals surface area contributed by atoms with Crippen molar-refractivity contribution in [3.63, 3.8) is 0 Å². The zero-order chi connectivity index (χ0) is 21.7. The first kappa shape index (κ1) is 22.7. The van der Waals surface area contributed by atoms with E-state index in [-0.39, 0.29) is 12.6 Å². The van der Waals surface area contributed by atoms with Crippen molar-refractivity contribution < 1.29 is 18.3 Å². The van der Waals surface area contributed by atoms with Crippen molar-refractivity contribution in [1.82, 2.24) is 15.1 Å². The summed E-state index contributed by atoms with van der Waals surface area (Å²) in [7, 11) is 2.05. The molecule has 2 saturated heterocycles. The third-order valence-electron chi connectivity index (χ3n) is 5.75. The van der Waals surface area contributed by atoms with Gasteiger partial charge in [-0.2, -0.15) is 13.2 Å².